The van der Waals surface area contributed by atoms with Gasteiger partial charge >= 0.3 is 0 Å². The predicted octanol–water partition coefficient (Wildman–Crippen LogP) is 2.33. The second-order valence-electron chi connectivity index (χ2n) is 4.48. The summed E-state index contributed by atoms with van der Waals surface area (Å²) < 4.78 is 4.94. The van der Waals surface area contributed by atoms with Crippen molar-refractivity contribution < 1.29 is 9.84 Å². The number of likely N-dealkylation sites (N-methyl/N-ethyl adjacent to an activating group) is 1. The number of aromatic nitrogens is 1. The number of halogens is 1. The zero-order valence-corrected chi connectivity index (χ0v) is 11.8. The van der Waals surface area contributed by atoms with Crippen molar-refractivity contribution >= 4 is 28.2 Å². The molecule has 0 saturated heterocycles. The van der Waals surface area contributed by atoms with Crippen molar-refractivity contribution in [2.24, 2.45) is 0 Å². The average molecular weight is 281 g/mol. The van der Waals surface area contributed by atoms with Crippen molar-refractivity contribution in [1.82, 2.24) is 4.98 Å². The predicted molar refractivity (Wildman–Crippen MR) is 77.9 cm³/mol. The molecule has 102 valence electrons. The molecule has 1 atom stereocenters. The molecule has 2 aromatic rings. The SMILES string of the molecule is COC[C@@H](O)CN(C)c1ccnc2ccc(Cl)cc12. The third kappa shape index (κ3) is 3.35. The van der Waals surface area contributed by atoms with E-state index in [2.05, 4.69) is 4.98 Å². The van der Waals surface area contributed by atoms with Gasteiger partial charge in [-0.2, -0.15) is 0 Å². The van der Waals surface area contributed by atoms with E-state index in [9.17, 15) is 5.11 Å². The molecular formula is C14H17ClN2O2. The molecule has 2 rings (SSSR count). The molecule has 4 nitrogen and oxygen atoms in total. The topological polar surface area (TPSA) is 45.6 Å². The largest absolute Gasteiger partial charge is 0.389 e. The molecule has 1 N–H and O–H groups in total. The molecule has 0 spiro atoms. The molecule has 19 heavy (non-hydrogen) atoms. The van der Waals surface area contributed by atoms with Gasteiger partial charge in [-0.1, -0.05) is 11.6 Å². The fourth-order valence-electron chi connectivity index (χ4n) is 2.10. The summed E-state index contributed by atoms with van der Waals surface area (Å²) >= 11 is 6.04. The average Bonchev–Trinajstić information content (AvgIpc) is 2.38. The monoisotopic (exact) mass is 280 g/mol. The highest BCUT2D eigenvalue weighted by Gasteiger charge is 2.11. The van der Waals surface area contributed by atoms with Crippen LogP contribution in [0.4, 0.5) is 5.69 Å². The minimum atomic E-state index is -0.530. The van der Waals surface area contributed by atoms with Crippen LogP contribution in [0.25, 0.3) is 10.9 Å². The van der Waals surface area contributed by atoms with E-state index in [1.54, 1.807) is 13.3 Å². The highest BCUT2D eigenvalue weighted by Crippen LogP contribution is 2.27. The number of rotatable bonds is 5. The molecule has 0 amide bonds. The van der Waals surface area contributed by atoms with Crippen molar-refractivity contribution in [2.45, 2.75) is 6.10 Å². The minimum Gasteiger partial charge on any atom is -0.389 e. The smallest absolute Gasteiger partial charge is 0.0947 e. The van der Waals surface area contributed by atoms with Crippen LogP contribution in [-0.2, 0) is 4.74 Å². The normalized spacial score (nSPS) is 12.6. The molecular weight excluding hydrogens is 264 g/mol. The van der Waals surface area contributed by atoms with E-state index in [0.717, 1.165) is 16.6 Å². The first kappa shape index (κ1) is 14.1. The van der Waals surface area contributed by atoms with Crippen LogP contribution >= 0.6 is 11.6 Å². The molecule has 0 fully saturated rings. The number of hydrogen-bond donors (Lipinski definition) is 1. The zero-order chi connectivity index (χ0) is 13.8. The molecule has 5 heteroatoms. The second-order valence-corrected chi connectivity index (χ2v) is 4.92. The van der Waals surface area contributed by atoms with Crippen molar-refractivity contribution in [3.63, 3.8) is 0 Å². The van der Waals surface area contributed by atoms with Gasteiger partial charge in [-0.25, -0.2) is 0 Å². The maximum Gasteiger partial charge on any atom is 0.0947 e. The van der Waals surface area contributed by atoms with Crippen LogP contribution in [0.15, 0.2) is 30.5 Å². The highest BCUT2D eigenvalue weighted by molar-refractivity contribution is 6.31. The van der Waals surface area contributed by atoms with Gasteiger partial charge in [0.1, 0.15) is 0 Å². The molecule has 0 unspecified atom stereocenters. The maximum atomic E-state index is 9.80. The van der Waals surface area contributed by atoms with E-state index >= 15 is 0 Å². The Morgan fingerprint density at radius 1 is 1.42 bits per heavy atom. The van der Waals surface area contributed by atoms with E-state index in [4.69, 9.17) is 16.3 Å². The standard InChI is InChI=1S/C14H17ClN2O2/c1-17(8-11(18)9-19-2)14-5-6-16-13-4-3-10(15)7-12(13)14/h3-7,11,18H,8-9H2,1-2H3/t11-/m0/s1. The number of anilines is 1. The maximum absolute atomic E-state index is 9.80. The Morgan fingerprint density at radius 2 is 2.21 bits per heavy atom. The first-order chi connectivity index (χ1) is 9.11. The zero-order valence-electron chi connectivity index (χ0n) is 11.0. The lowest BCUT2D eigenvalue weighted by atomic mass is 10.1. The van der Waals surface area contributed by atoms with E-state index in [0.29, 0.717) is 18.2 Å². The van der Waals surface area contributed by atoms with Crippen LogP contribution in [0, 0.1) is 0 Å². The van der Waals surface area contributed by atoms with Crippen molar-refractivity contribution in [2.75, 3.05) is 32.2 Å². The number of fused-ring (bicyclic) bond motifs is 1. The summed E-state index contributed by atoms with van der Waals surface area (Å²) in [6.45, 7) is 0.799. The van der Waals surface area contributed by atoms with Crippen LogP contribution in [0.3, 0.4) is 0 Å². The Kier molecular flexibility index (Phi) is 4.58. The van der Waals surface area contributed by atoms with Gasteiger partial charge in [0.15, 0.2) is 0 Å². The Labute approximate surface area is 117 Å². The lowest BCUT2D eigenvalue weighted by Crippen LogP contribution is -2.32. The summed E-state index contributed by atoms with van der Waals surface area (Å²) in [5, 5.41) is 11.4. The molecule has 0 aliphatic rings. The Hall–Kier alpha value is -1.36. The Morgan fingerprint density at radius 3 is 2.95 bits per heavy atom. The van der Waals surface area contributed by atoms with Gasteiger partial charge in [0.05, 0.1) is 18.2 Å². The first-order valence-corrected chi connectivity index (χ1v) is 6.42. The van der Waals surface area contributed by atoms with Crippen molar-refractivity contribution in [3.05, 3.63) is 35.5 Å². The molecule has 0 radical (unpaired) electrons. The second kappa shape index (κ2) is 6.19. The van der Waals surface area contributed by atoms with Gasteiger partial charge in [0.2, 0.25) is 0 Å². The quantitative estimate of drug-likeness (QED) is 0.913. The Bertz CT molecular complexity index is 562. The fourth-order valence-corrected chi connectivity index (χ4v) is 2.27. The van der Waals surface area contributed by atoms with Crippen molar-refractivity contribution in [3.8, 4) is 0 Å². The molecule has 0 saturated carbocycles. The molecule has 0 aliphatic carbocycles. The minimum absolute atomic E-state index is 0.314. The summed E-state index contributed by atoms with van der Waals surface area (Å²) in [6.07, 6.45) is 1.22. The van der Waals surface area contributed by atoms with E-state index in [1.807, 2.05) is 36.2 Å². The number of pyridine rings is 1. The van der Waals surface area contributed by atoms with Gasteiger partial charge < -0.3 is 14.7 Å². The van der Waals surface area contributed by atoms with E-state index in [-0.39, 0.29) is 0 Å². The molecule has 0 bridgehead atoms. The number of methoxy groups -OCH3 is 1. The number of aliphatic hydroxyl groups excluding tert-OH is 1. The van der Waals surface area contributed by atoms with Crippen LogP contribution in [0.5, 0.6) is 0 Å². The number of ether oxygens (including phenoxy) is 1. The van der Waals surface area contributed by atoms with Crippen LogP contribution in [-0.4, -0.2) is 43.5 Å². The molecule has 0 aliphatic heterocycles. The number of nitrogens with zero attached hydrogens (tertiary/aromatic N) is 2. The number of aliphatic hydroxyl groups is 1. The number of benzene rings is 1. The van der Waals surface area contributed by atoms with Gasteiger partial charge in [-0.3, -0.25) is 4.98 Å². The van der Waals surface area contributed by atoms with Crippen LogP contribution in [0.2, 0.25) is 5.02 Å². The van der Waals surface area contributed by atoms with Gasteiger partial charge in [-0.05, 0) is 24.3 Å². The number of hydrogen-bond acceptors (Lipinski definition) is 4. The van der Waals surface area contributed by atoms with E-state index in [1.165, 1.54) is 0 Å². The summed E-state index contributed by atoms with van der Waals surface area (Å²) in [6, 6.07) is 7.51. The van der Waals surface area contributed by atoms with E-state index < -0.39 is 6.10 Å². The summed E-state index contributed by atoms with van der Waals surface area (Å²) in [5.74, 6) is 0. The van der Waals surface area contributed by atoms with Crippen molar-refractivity contribution in [1.29, 1.82) is 0 Å². The molecule has 1 aromatic heterocycles. The lowest BCUT2D eigenvalue weighted by Gasteiger charge is -2.23. The van der Waals surface area contributed by atoms with Crippen LogP contribution in [0.1, 0.15) is 0 Å². The highest BCUT2D eigenvalue weighted by atomic mass is 35.5. The fraction of sp³-hybridized carbons (Fsp3) is 0.357. The summed E-state index contributed by atoms with van der Waals surface area (Å²) in [5.41, 5.74) is 1.87. The molecule has 1 heterocycles. The van der Waals surface area contributed by atoms with Gasteiger partial charge in [0.25, 0.3) is 0 Å². The van der Waals surface area contributed by atoms with Gasteiger partial charge in [-0.15, -0.1) is 0 Å². The summed E-state index contributed by atoms with van der Waals surface area (Å²) in [4.78, 5) is 6.28. The summed E-state index contributed by atoms with van der Waals surface area (Å²) in [7, 11) is 3.50. The first-order valence-electron chi connectivity index (χ1n) is 6.04. The third-order valence-corrected chi connectivity index (χ3v) is 3.17. The van der Waals surface area contributed by atoms with Gasteiger partial charge in [0, 0.05) is 43.0 Å². The van der Waals surface area contributed by atoms with Crippen LogP contribution < -0.4 is 4.90 Å². The third-order valence-electron chi connectivity index (χ3n) is 2.94. The Balaban J connectivity index is 2.31. The molecule has 1 aromatic carbocycles. The lowest BCUT2D eigenvalue weighted by molar-refractivity contribution is 0.0695.